The van der Waals surface area contributed by atoms with E-state index in [2.05, 4.69) is 38.3 Å². The van der Waals surface area contributed by atoms with E-state index in [1.54, 1.807) is 0 Å². The molecule has 1 aliphatic heterocycles. The van der Waals surface area contributed by atoms with Gasteiger partial charge in [-0.3, -0.25) is 4.79 Å². The highest BCUT2D eigenvalue weighted by Gasteiger charge is 2.29. The molecule has 0 radical (unpaired) electrons. The van der Waals surface area contributed by atoms with Crippen LogP contribution < -0.4 is 10.6 Å². The van der Waals surface area contributed by atoms with Gasteiger partial charge in [0.1, 0.15) is 0 Å². The fourth-order valence-electron chi connectivity index (χ4n) is 1.75. The first-order valence-corrected chi connectivity index (χ1v) is 5.97. The molecule has 0 aliphatic carbocycles. The third-order valence-corrected chi connectivity index (χ3v) is 3.51. The minimum atomic E-state index is 0.0256. The summed E-state index contributed by atoms with van der Waals surface area (Å²) in [5.41, 5.74) is 0.206. The topological polar surface area (TPSA) is 41.1 Å². The van der Waals surface area contributed by atoms with E-state index in [1.807, 2.05) is 0 Å². The molecule has 0 spiro atoms. The summed E-state index contributed by atoms with van der Waals surface area (Å²) in [5, 5.41) is 6.29. The lowest BCUT2D eigenvalue weighted by Gasteiger charge is -2.24. The second-order valence-electron chi connectivity index (χ2n) is 5.43. The Morgan fingerprint density at radius 1 is 1.53 bits per heavy atom. The monoisotopic (exact) mass is 212 g/mol. The molecule has 1 saturated heterocycles. The Hall–Kier alpha value is -0.570. The third-order valence-electron chi connectivity index (χ3n) is 3.51. The molecule has 1 heterocycles. The molecule has 88 valence electrons. The number of carbonyl (C=O) groups is 1. The maximum absolute atomic E-state index is 11.8. The normalized spacial score (nSPS) is 26.7. The average molecular weight is 212 g/mol. The lowest BCUT2D eigenvalue weighted by atomic mass is 9.90. The summed E-state index contributed by atoms with van der Waals surface area (Å²) >= 11 is 0. The number of hydrogen-bond donors (Lipinski definition) is 2. The maximum Gasteiger partial charge on any atom is 0.237 e. The van der Waals surface area contributed by atoms with E-state index < -0.39 is 0 Å². The number of nitrogens with one attached hydrogen (secondary N) is 2. The standard InChI is InChI=1S/C12H24N2O/c1-5-12(3,4)8-14-11(15)10-9(2)6-7-13-10/h9-10,13H,5-8H2,1-4H3,(H,14,15). The smallest absolute Gasteiger partial charge is 0.237 e. The fourth-order valence-corrected chi connectivity index (χ4v) is 1.75. The van der Waals surface area contributed by atoms with Crippen LogP contribution in [0.5, 0.6) is 0 Å². The number of rotatable bonds is 4. The van der Waals surface area contributed by atoms with Gasteiger partial charge in [-0.15, -0.1) is 0 Å². The van der Waals surface area contributed by atoms with E-state index in [0.29, 0.717) is 5.92 Å². The molecule has 3 heteroatoms. The first-order valence-electron chi connectivity index (χ1n) is 5.97. The highest BCUT2D eigenvalue weighted by atomic mass is 16.2. The van der Waals surface area contributed by atoms with Crippen molar-refractivity contribution in [2.24, 2.45) is 11.3 Å². The van der Waals surface area contributed by atoms with E-state index in [9.17, 15) is 4.79 Å². The summed E-state index contributed by atoms with van der Waals surface area (Å²) in [6.45, 7) is 10.4. The van der Waals surface area contributed by atoms with E-state index >= 15 is 0 Å². The molecule has 1 fully saturated rings. The zero-order valence-corrected chi connectivity index (χ0v) is 10.4. The van der Waals surface area contributed by atoms with Crippen LogP contribution >= 0.6 is 0 Å². The second kappa shape index (κ2) is 4.97. The van der Waals surface area contributed by atoms with Gasteiger partial charge in [0, 0.05) is 6.54 Å². The van der Waals surface area contributed by atoms with E-state index in [1.165, 1.54) is 0 Å². The predicted octanol–water partition coefficient (Wildman–Crippen LogP) is 1.54. The Morgan fingerprint density at radius 3 is 2.67 bits per heavy atom. The number of hydrogen-bond acceptors (Lipinski definition) is 2. The third kappa shape index (κ3) is 3.49. The van der Waals surface area contributed by atoms with Gasteiger partial charge in [0.2, 0.25) is 5.91 Å². The Kier molecular flexibility index (Phi) is 4.14. The van der Waals surface area contributed by atoms with Crippen molar-refractivity contribution < 1.29 is 4.79 Å². The lowest BCUT2D eigenvalue weighted by molar-refractivity contribution is -0.124. The molecule has 0 aromatic carbocycles. The van der Waals surface area contributed by atoms with Gasteiger partial charge in [0.15, 0.2) is 0 Å². The van der Waals surface area contributed by atoms with Crippen LogP contribution in [0.2, 0.25) is 0 Å². The fraction of sp³-hybridized carbons (Fsp3) is 0.917. The van der Waals surface area contributed by atoms with Gasteiger partial charge in [-0.1, -0.05) is 27.7 Å². The number of carbonyl (C=O) groups excluding carboxylic acids is 1. The zero-order valence-electron chi connectivity index (χ0n) is 10.4. The van der Waals surface area contributed by atoms with Gasteiger partial charge in [-0.05, 0) is 30.7 Å². The predicted molar refractivity (Wildman–Crippen MR) is 62.7 cm³/mol. The van der Waals surface area contributed by atoms with Crippen molar-refractivity contribution in [1.29, 1.82) is 0 Å². The molecule has 1 amide bonds. The minimum absolute atomic E-state index is 0.0256. The van der Waals surface area contributed by atoms with Crippen molar-refractivity contribution in [2.45, 2.75) is 46.6 Å². The summed E-state index contributed by atoms with van der Waals surface area (Å²) < 4.78 is 0. The summed E-state index contributed by atoms with van der Waals surface area (Å²) in [6, 6.07) is 0.0256. The Morgan fingerprint density at radius 2 is 2.20 bits per heavy atom. The molecule has 2 unspecified atom stereocenters. The van der Waals surface area contributed by atoms with Gasteiger partial charge in [0.05, 0.1) is 6.04 Å². The van der Waals surface area contributed by atoms with Crippen LogP contribution in [0.3, 0.4) is 0 Å². The zero-order chi connectivity index (χ0) is 11.5. The highest BCUT2D eigenvalue weighted by Crippen LogP contribution is 2.19. The van der Waals surface area contributed by atoms with Crippen LogP contribution in [0.15, 0.2) is 0 Å². The van der Waals surface area contributed by atoms with Gasteiger partial charge in [-0.2, -0.15) is 0 Å². The highest BCUT2D eigenvalue weighted by molar-refractivity contribution is 5.82. The van der Waals surface area contributed by atoms with Crippen LogP contribution in [0.25, 0.3) is 0 Å². The summed E-state index contributed by atoms with van der Waals surface area (Å²) in [5.74, 6) is 0.635. The van der Waals surface area contributed by atoms with Crippen molar-refractivity contribution in [1.82, 2.24) is 10.6 Å². The molecule has 1 aliphatic rings. The molecule has 2 N–H and O–H groups in total. The molecule has 1 rings (SSSR count). The summed E-state index contributed by atoms with van der Waals surface area (Å²) in [6.07, 6.45) is 2.19. The molecule has 3 nitrogen and oxygen atoms in total. The van der Waals surface area contributed by atoms with Crippen molar-refractivity contribution >= 4 is 5.91 Å². The average Bonchev–Trinajstić information content (AvgIpc) is 2.61. The lowest BCUT2D eigenvalue weighted by Crippen LogP contribution is -2.46. The minimum Gasteiger partial charge on any atom is -0.354 e. The van der Waals surface area contributed by atoms with Crippen LogP contribution in [0, 0.1) is 11.3 Å². The molecule has 2 atom stereocenters. The van der Waals surface area contributed by atoms with Crippen molar-refractivity contribution in [3.63, 3.8) is 0 Å². The quantitative estimate of drug-likeness (QED) is 0.742. The number of amides is 1. The van der Waals surface area contributed by atoms with Crippen LogP contribution in [0.1, 0.15) is 40.5 Å². The van der Waals surface area contributed by atoms with Gasteiger partial charge >= 0.3 is 0 Å². The molecular formula is C12H24N2O. The maximum atomic E-state index is 11.8. The van der Waals surface area contributed by atoms with E-state index in [4.69, 9.17) is 0 Å². The molecule has 15 heavy (non-hydrogen) atoms. The van der Waals surface area contributed by atoms with Crippen LogP contribution in [-0.2, 0) is 4.79 Å². The van der Waals surface area contributed by atoms with Crippen molar-refractivity contribution in [3.05, 3.63) is 0 Å². The van der Waals surface area contributed by atoms with E-state index in [0.717, 1.165) is 25.9 Å². The van der Waals surface area contributed by atoms with Crippen molar-refractivity contribution in [3.8, 4) is 0 Å². The Bertz CT molecular complexity index is 226. The van der Waals surface area contributed by atoms with Gasteiger partial charge < -0.3 is 10.6 Å². The molecule has 0 saturated carbocycles. The van der Waals surface area contributed by atoms with Crippen LogP contribution in [-0.4, -0.2) is 25.0 Å². The van der Waals surface area contributed by atoms with Gasteiger partial charge in [0.25, 0.3) is 0 Å². The second-order valence-corrected chi connectivity index (χ2v) is 5.43. The van der Waals surface area contributed by atoms with E-state index in [-0.39, 0.29) is 17.4 Å². The summed E-state index contributed by atoms with van der Waals surface area (Å²) in [7, 11) is 0. The van der Waals surface area contributed by atoms with Crippen LogP contribution in [0.4, 0.5) is 0 Å². The van der Waals surface area contributed by atoms with Gasteiger partial charge in [-0.25, -0.2) is 0 Å². The first-order chi connectivity index (χ1) is 6.96. The Labute approximate surface area is 93.0 Å². The largest absolute Gasteiger partial charge is 0.354 e. The molecule has 0 aromatic heterocycles. The molecular weight excluding hydrogens is 188 g/mol. The summed E-state index contributed by atoms with van der Waals surface area (Å²) in [4.78, 5) is 11.8. The van der Waals surface area contributed by atoms with Crippen molar-refractivity contribution in [2.75, 3.05) is 13.1 Å². The first kappa shape index (κ1) is 12.5. The SMILES string of the molecule is CCC(C)(C)CNC(=O)C1NCCC1C. The molecule has 0 bridgehead atoms. The Balaban J connectivity index is 2.36. The molecule has 0 aromatic rings.